The molecule has 1 aromatic carbocycles. The molecule has 2 aliphatic heterocycles. The number of anilines is 4. The van der Waals surface area contributed by atoms with Crippen LogP contribution in [0.2, 0.25) is 0 Å². The summed E-state index contributed by atoms with van der Waals surface area (Å²) in [4.78, 5) is 30.6. The number of H-pyrrole nitrogens is 1. The molecule has 0 spiro atoms. The standard InChI is InChI=1S/C25H31N9O/c1-17(35)32-10-12-33(13-11-32)21-4-2-20(3-5-21)29-25-30-23-22(19(15-27)16-28-23)24(31-25)34-8-6-18(14-26)7-9-34/h2-5,16,18H,6-14,26H2,1H3,(H2,28,29,30,31). The molecule has 0 unspecified atom stereocenters. The van der Waals surface area contributed by atoms with Crippen LogP contribution in [0.25, 0.3) is 11.0 Å². The Bertz CT molecular complexity index is 1230. The Morgan fingerprint density at radius 2 is 1.83 bits per heavy atom. The Morgan fingerprint density at radius 3 is 2.46 bits per heavy atom. The number of carbonyl (C=O) groups is 1. The number of hydrogen-bond acceptors (Lipinski definition) is 8. The van der Waals surface area contributed by atoms with Gasteiger partial charge in [0.1, 0.15) is 17.5 Å². The number of piperidine rings is 1. The van der Waals surface area contributed by atoms with Crippen molar-refractivity contribution in [2.45, 2.75) is 19.8 Å². The van der Waals surface area contributed by atoms with Crippen molar-refractivity contribution in [3.8, 4) is 6.07 Å². The van der Waals surface area contributed by atoms with Crippen molar-refractivity contribution < 1.29 is 4.79 Å². The summed E-state index contributed by atoms with van der Waals surface area (Å²) in [7, 11) is 0. The average Bonchev–Trinajstić information content (AvgIpc) is 3.32. The first-order valence-corrected chi connectivity index (χ1v) is 12.2. The lowest BCUT2D eigenvalue weighted by Gasteiger charge is -2.35. The van der Waals surface area contributed by atoms with Crippen LogP contribution in [0.15, 0.2) is 30.5 Å². The predicted octanol–water partition coefficient (Wildman–Crippen LogP) is 2.42. The molecule has 0 saturated carbocycles. The predicted molar refractivity (Wildman–Crippen MR) is 137 cm³/mol. The molecule has 0 radical (unpaired) electrons. The van der Waals surface area contributed by atoms with Gasteiger partial charge in [-0.05, 0) is 49.6 Å². The van der Waals surface area contributed by atoms with Gasteiger partial charge in [0.2, 0.25) is 11.9 Å². The van der Waals surface area contributed by atoms with Gasteiger partial charge in [-0.25, -0.2) is 0 Å². The monoisotopic (exact) mass is 473 g/mol. The second kappa shape index (κ2) is 9.80. The fraction of sp³-hybridized carbons (Fsp3) is 0.440. The van der Waals surface area contributed by atoms with E-state index in [0.29, 0.717) is 29.6 Å². The zero-order chi connectivity index (χ0) is 24.4. The lowest BCUT2D eigenvalue weighted by atomic mass is 9.97. The van der Waals surface area contributed by atoms with E-state index in [9.17, 15) is 10.1 Å². The Hall–Kier alpha value is -3.84. The van der Waals surface area contributed by atoms with Gasteiger partial charge in [0, 0.05) is 63.8 Å². The van der Waals surface area contributed by atoms with Crippen LogP contribution in [0, 0.1) is 17.2 Å². The molecule has 2 aliphatic rings. The summed E-state index contributed by atoms with van der Waals surface area (Å²) in [6, 6.07) is 10.4. The molecule has 10 nitrogen and oxygen atoms in total. The molecule has 2 aromatic heterocycles. The van der Waals surface area contributed by atoms with Crippen LogP contribution in [0.4, 0.5) is 23.1 Å². The Balaban J connectivity index is 1.35. The van der Waals surface area contributed by atoms with Gasteiger partial charge < -0.3 is 30.7 Å². The number of nitriles is 1. The van der Waals surface area contributed by atoms with E-state index in [1.807, 2.05) is 17.0 Å². The van der Waals surface area contributed by atoms with E-state index in [1.165, 1.54) is 0 Å². The van der Waals surface area contributed by atoms with Crippen molar-refractivity contribution in [1.29, 1.82) is 5.26 Å². The highest BCUT2D eigenvalue weighted by molar-refractivity contribution is 5.94. The zero-order valence-corrected chi connectivity index (χ0v) is 20.0. The minimum Gasteiger partial charge on any atom is -0.368 e. The molecule has 0 aliphatic carbocycles. The number of nitrogens with two attached hydrogens (primary N) is 1. The number of fused-ring (bicyclic) bond motifs is 1. The molecule has 35 heavy (non-hydrogen) atoms. The van der Waals surface area contributed by atoms with Gasteiger partial charge in [-0.1, -0.05) is 0 Å². The van der Waals surface area contributed by atoms with E-state index in [1.54, 1.807) is 13.1 Å². The average molecular weight is 474 g/mol. The Morgan fingerprint density at radius 1 is 1.11 bits per heavy atom. The largest absolute Gasteiger partial charge is 0.368 e. The van der Waals surface area contributed by atoms with Crippen LogP contribution in [0.1, 0.15) is 25.3 Å². The van der Waals surface area contributed by atoms with E-state index in [0.717, 1.165) is 74.7 Å². The topological polar surface area (TPSA) is 130 Å². The van der Waals surface area contributed by atoms with E-state index in [2.05, 4.69) is 43.3 Å². The summed E-state index contributed by atoms with van der Waals surface area (Å²) in [5.41, 5.74) is 9.08. The second-order valence-corrected chi connectivity index (χ2v) is 9.24. The second-order valence-electron chi connectivity index (χ2n) is 9.24. The molecule has 0 atom stereocenters. The smallest absolute Gasteiger partial charge is 0.231 e. The molecule has 2 saturated heterocycles. The molecule has 182 valence electrons. The first-order chi connectivity index (χ1) is 17.1. The van der Waals surface area contributed by atoms with Gasteiger partial charge >= 0.3 is 0 Å². The molecule has 5 rings (SSSR count). The number of piperazine rings is 1. The summed E-state index contributed by atoms with van der Waals surface area (Å²) in [6.07, 6.45) is 3.72. The number of rotatable bonds is 5. The molecule has 1 amide bonds. The third kappa shape index (κ3) is 4.72. The molecule has 10 heteroatoms. The number of carbonyl (C=O) groups excluding carboxylic acids is 1. The van der Waals surface area contributed by atoms with Crippen LogP contribution in [0.5, 0.6) is 0 Å². The third-order valence-corrected chi connectivity index (χ3v) is 7.09. The normalized spacial score (nSPS) is 17.0. The quantitative estimate of drug-likeness (QED) is 0.515. The number of hydrogen-bond donors (Lipinski definition) is 3. The maximum absolute atomic E-state index is 11.6. The lowest BCUT2D eigenvalue weighted by molar-refractivity contribution is -0.129. The lowest BCUT2D eigenvalue weighted by Crippen LogP contribution is -2.48. The highest BCUT2D eigenvalue weighted by Gasteiger charge is 2.24. The van der Waals surface area contributed by atoms with Gasteiger partial charge in [0.05, 0.1) is 10.9 Å². The number of amides is 1. The van der Waals surface area contributed by atoms with Crippen molar-refractivity contribution in [1.82, 2.24) is 19.9 Å². The van der Waals surface area contributed by atoms with Gasteiger partial charge in [-0.2, -0.15) is 15.2 Å². The molecule has 3 aromatic rings. The summed E-state index contributed by atoms with van der Waals surface area (Å²) >= 11 is 0. The number of aromatic nitrogens is 3. The number of aromatic amines is 1. The van der Waals surface area contributed by atoms with Crippen LogP contribution < -0.4 is 20.9 Å². The number of nitrogens with one attached hydrogen (secondary N) is 2. The SMILES string of the molecule is CC(=O)N1CCN(c2ccc(Nc3nc(N4CCC(CN)CC4)c4c(C#N)c[nH]c4n3)cc2)CC1. The van der Waals surface area contributed by atoms with E-state index in [4.69, 9.17) is 10.7 Å². The van der Waals surface area contributed by atoms with E-state index < -0.39 is 0 Å². The first-order valence-electron chi connectivity index (χ1n) is 12.2. The minimum absolute atomic E-state index is 0.133. The highest BCUT2D eigenvalue weighted by Crippen LogP contribution is 2.32. The van der Waals surface area contributed by atoms with Crippen molar-refractivity contribution in [3.05, 3.63) is 36.0 Å². The maximum atomic E-state index is 11.6. The van der Waals surface area contributed by atoms with Crippen molar-refractivity contribution >= 4 is 40.1 Å². The summed E-state index contributed by atoms with van der Waals surface area (Å²) in [5.74, 6) is 1.94. The van der Waals surface area contributed by atoms with E-state index in [-0.39, 0.29) is 5.91 Å². The van der Waals surface area contributed by atoms with Crippen LogP contribution >= 0.6 is 0 Å². The van der Waals surface area contributed by atoms with Gasteiger partial charge in [-0.3, -0.25) is 4.79 Å². The third-order valence-electron chi connectivity index (χ3n) is 7.09. The van der Waals surface area contributed by atoms with Gasteiger partial charge in [-0.15, -0.1) is 0 Å². The van der Waals surface area contributed by atoms with E-state index >= 15 is 0 Å². The molecule has 2 fully saturated rings. The Kier molecular flexibility index (Phi) is 6.42. The summed E-state index contributed by atoms with van der Waals surface area (Å²) in [5, 5.41) is 13.7. The zero-order valence-electron chi connectivity index (χ0n) is 20.0. The maximum Gasteiger partial charge on any atom is 0.231 e. The van der Waals surface area contributed by atoms with Crippen molar-refractivity contribution in [3.63, 3.8) is 0 Å². The van der Waals surface area contributed by atoms with Crippen molar-refractivity contribution in [2.24, 2.45) is 11.7 Å². The number of benzene rings is 1. The molecular weight excluding hydrogens is 442 g/mol. The molecule has 4 N–H and O–H groups in total. The Labute approximate surface area is 204 Å². The van der Waals surface area contributed by atoms with Gasteiger partial charge in [0.25, 0.3) is 0 Å². The van der Waals surface area contributed by atoms with Gasteiger partial charge in [0.15, 0.2) is 0 Å². The molecule has 0 bridgehead atoms. The fourth-order valence-corrected chi connectivity index (χ4v) is 4.93. The van der Waals surface area contributed by atoms with Crippen LogP contribution in [-0.4, -0.2) is 71.6 Å². The van der Waals surface area contributed by atoms with Crippen LogP contribution in [-0.2, 0) is 4.79 Å². The fourth-order valence-electron chi connectivity index (χ4n) is 4.93. The summed E-state index contributed by atoms with van der Waals surface area (Å²) in [6.45, 7) is 7.18. The van der Waals surface area contributed by atoms with Crippen molar-refractivity contribution in [2.75, 3.05) is 60.9 Å². The molecule has 4 heterocycles. The summed E-state index contributed by atoms with van der Waals surface area (Å²) < 4.78 is 0. The van der Waals surface area contributed by atoms with Crippen LogP contribution in [0.3, 0.4) is 0 Å². The first kappa shape index (κ1) is 22.9. The molecular formula is C25H31N9O. The highest BCUT2D eigenvalue weighted by atomic mass is 16.2. The number of nitrogens with zero attached hydrogens (tertiary/aromatic N) is 6. The minimum atomic E-state index is 0.133.